The molecule has 0 spiro atoms. The third-order valence-electron chi connectivity index (χ3n) is 3.32. The van der Waals surface area contributed by atoms with Crippen LogP contribution in [0.3, 0.4) is 0 Å². The molecule has 0 bridgehead atoms. The molecule has 94 valence electrons. The van der Waals surface area contributed by atoms with Crippen LogP contribution in [0.1, 0.15) is 6.42 Å². The predicted octanol–water partition coefficient (Wildman–Crippen LogP) is -1.15. The first-order valence-corrected chi connectivity index (χ1v) is 7.51. The van der Waals surface area contributed by atoms with Gasteiger partial charge in [-0.05, 0) is 6.42 Å². The first-order valence-electron chi connectivity index (χ1n) is 5.68. The smallest absolute Gasteiger partial charge is 0.229 e. The number of hydrogen-bond acceptors (Lipinski definition) is 4. The number of nitrogens with zero attached hydrogens (tertiary/aromatic N) is 1. The number of sulfone groups is 1. The molecule has 0 radical (unpaired) electrons. The molecule has 0 saturated carbocycles. The highest BCUT2D eigenvalue weighted by atomic mass is 32.2. The number of hydrogen-bond donors (Lipinski definition) is 1. The van der Waals surface area contributed by atoms with Crippen molar-refractivity contribution in [1.82, 2.24) is 10.2 Å². The lowest BCUT2D eigenvalue weighted by Crippen LogP contribution is -2.54. The average Bonchev–Trinajstić information content (AvgIpc) is 2.52. The summed E-state index contributed by atoms with van der Waals surface area (Å²) in [5, 5.41) is 3.03. The highest BCUT2D eigenvalue weighted by molar-refractivity contribution is 7.91. The second-order valence-corrected chi connectivity index (χ2v) is 6.81. The lowest BCUT2D eigenvalue weighted by atomic mass is 10.0. The Hall–Kier alpha value is -1.06. The Balaban J connectivity index is 2.07. The molecule has 0 aromatic rings. The van der Waals surface area contributed by atoms with Crippen molar-refractivity contribution < 1.29 is 13.2 Å². The van der Waals surface area contributed by atoms with E-state index in [1.807, 2.05) is 0 Å². The summed E-state index contributed by atoms with van der Waals surface area (Å²) in [7, 11) is -2.98. The zero-order valence-electron chi connectivity index (χ0n) is 9.55. The van der Waals surface area contributed by atoms with Crippen molar-refractivity contribution in [3.63, 3.8) is 0 Å². The molecule has 2 aliphatic heterocycles. The largest absolute Gasteiger partial charge is 0.327 e. The number of amides is 1. The zero-order valence-corrected chi connectivity index (χ0v) is 10.4. The van der Waals surface area contributed by atoms with Gasteiger partial charge in [-0.15, -0.1) is 6.42 Å². The van der Waals surface area contributed by atoms with Gasteiger partial charge in [0.1, 0.15) is 0 Å². The van der Waals surface area contributed by atoms with Crippen molar-refractivity contribution in [2.75, 3.05) is 31.1 Å². The second-order valence-electron chi connectivity index (χ2n) is 4.58. The van der Waals surface area contributed by atoms with Crippen molar-refractivity contribution in [3.8, 4) is 12.3 Å². The second kappa shape index (κ2) is 4.67. The fraction of sp³-hybridized carbons (Fsp3) is 0.727. The van der Waals surface area contributed by atoms with E-state index in [4.69, 9.17) is 6.42 Å². The van der Waals surface area contributed by atoms with Gasteiger partial charge >= 0.3 is 0 Å². The van der Waals surface area contributed by atoms with Crippen LogP contribution in [0.5, 0.6) is 0 Å². The van der Waals surface area contributed by atoms with Gasteiger partial charge in [-0.1, -0.05) is 5.92 Å². The number of nitrogens with one attached hydrogen (secondary N) is 1. The SMILES string of the molecule is C#CCN(C(=O)C1CNC1)C1CCS(=O)(=O)C1. The van der Waals surface area contributed by atoms with E-state index in [1.165, 1.54) is 0 Å². The number of carbonyl (C=O) groups is 1. The van der Waals surface area contributed by atoms with E-state index in [1.54, 1.807) is 4.90 Å². The third-order valence-corrected chi connectivity index (χ3v) is 5.07. The summed E-state index contributed by atoms with van der Waals surface area (Å²) in [4.78, 5) is 13.7. The van der Waals surface area contributed by atoms with Gasteiger partial charge in [0.2, 0.25) is 5.91 Å². The van der Waals surface area contributed by atoms with Gasteiger partial charge in [0.05, 0.1) is 24.0 Å². The molecule has 2 aliphatic rings. The molecular weight excluding hydrogens is 240 g/mol. The van der Waals surface area contributed by atoms with Gasteiger partial charge in [-0.2, -0.15) is 0 Å². The van der Waals surface area contributed by atoms with E-state index in [0.717, 1.165) is 0 Å². The van der Waals surface area contributed by atoms with E-state index >= 15 is 0 Å². The first kappa shape index (κ1) is 12.4. The van der Waals surface area contributed by atoms with E-state index in [0.29, 0.717) is 19.5 Å². The molecule has 1 unspecified atom stereocenters. The van der Waals surface area contributed by atoms with Crippen LogP contribution in [0.25, 0.3) is 0 Å². The van der Waals surface area contributed by atoms with E-state index in [9.17, 15) is 13.2 Å². The van der Waals surface area contributed by atoms with Crippen LogP contribution < -0.4 is 5.32 Å². The van der Waals surface area contributed by atoms with Crippen LogP contribution in [-0.2, 0) is 14.6 Å². The quantitative estimate of drug-likeness (QED) is 0.648. The zero-order chi connectivity index (χ0) is 12.5. The maximum atomic E-state index is 12.1. The van der Waals surface area contributed by atoms with Crippen molar-refractivity contribution >= 4 is 15.7 Å². The van der Waals surface area contributed by atoms with Crippen LogP contribution in [-0.4, -0.2) is 56.4 Å². The highest BCUT2D eigenvalue weighted by Crippen LogP contribution is 2.20. The average molecular weight is 256 g/mol. The van der Waals surface area contributed by atoms with E-state index in [2.05, 4.69) is 11.2 Å². The number of terminal acetylenes is 1. The van der Waals surface area contributed by atoms with Crippen LogP contribution in [0.4, 0.5) is 0 Å². The topological polar surface area (TPSA) is 66.5 Å². The molecule has 0 aliphatic carbocycles. The summed E-state index contributed by atoms with van der Waals surface area (Å²) in [6.07, 6.45) is 5.76. The van der Waals surface area contributed by atoms with Gasteiger partial charge < -0.3 is 10.2 Å². The molecule has 1 amide bonds. The minimum absolute atomic E-state index is 0.0104. The highest BCUT2D eigenvalue weighted by Gasteiger charge is 2.37. The van der Waals surface area contributed by atoms with Gasteiger partial charge in [-0.3, -0.25) is 4.79 Å². The lowest BCUT2D eigenvalue weighted by molar-refractivity contribution is -0.138. The Bertz CT molecular complexity index is 448. The fourth-order valence-electron chi connectivity index (χ4n) is 2.20. The Kier molecular flexibility index (Phi) is 3.40. The molecule has 2 rings (SSSR count). The minimum Gasteiger partial charge on any atom is -0.327 e. The lowest BCUT2D eigenvalue weighted by Gasteiger charge is -2.34. The summed E-state index contributed by atoms with van der Waals surface area (Å²) in [5.74, 6) is 2.62. The molecular formula is C11H16N2O3S. The Morgan fingerprint density at radius 2 is 2.18 bits per heavy atom. The van der Waals surface area contributed by atoms with Crippen LogP contribution >= 0.6 is 0 Å². The Morgan fingerprint density at radius 3 is 2.59 bits per heavy atom. The summed E-state index contributed by atoms with van der Waals surface area (Å²) in [5.41, 5.74) is 0. The maximum absolute atomic E-state index is 12.1. The molecule has 2 saturated heterocycles. The molecule has 0 aromatic carbocycles. The van der Waals surface area contributed by atoms with E-state index < -0.39 is 9.84 Å². The van der Waals surface area contributed by atoms with Crippen molar-refractivity contribution in [1.29, 1.82) is 0 Å². The van der Waals surface area contributed by atoms with E-state index in [-0.39, 0.29) is 35.9 Å². The van der Waals surface area contributed by atoms with Gasteiger partial charge in [0, 0.05) is 19.1 Å². The van der Waals surface area contributed by atoms with Crippen LogP contribution in [0.2, 0.25) is 0 Å². The fourth-order valence-corrected chi connectivity index (χ4v) is 3.94. The molecule has 0 aromatic heterocycles. The molecule has 2 heterocycles. The number of rotatable bonds is 3. The van der Waals surface area contributed by atoms with Gasteiger partial charge in [-0.25, -0.2) is 8.42 Å². The molecule has 6 heteroatoms. The summed E-state index contributed by atoms with van der Waals surface area (Å²) in [6, 6.07) is -0.232. The Morgan fingerprint density at radius 1 is 1.47 bits per heavy atom. The molecule has 2 fully saturated rings. The maximum Gasteiger partial charge on any atom is 0.229 e. The molecule has 1 N–H and O–H groups in total. The first-order chi connectivity index (χ1) is 8.03. The van der Waals surface area contributed by atoms with Gasteiger partial charge in [0.25, 0.3) is 0 Å². The summed E-state index contributed by atoms with van der Waals surface area (Å²) >= 11 is 0. The van der Waals surface area contributed by atoms with Gasteiger partial charge in [0.15, 0.2) is 9.84 Å². The van der Waals surface area contributed by atoms with Crippen LogP contribution in [0.15, 0.2) is 0 Å². The summed E-state index contributed by atoms with van der Waals surface area (Å²) < 4.78 is 22.8. The van der Waals surface area contributed by atoms with Crippen molar-refractivity contribution in [2.24, 2.45) is 5.92 Å². The number of carbonyl (C=O) groups excluding carboxylic acids is 1. The molecule has 5 nitrogen and oxygen atoms in total. The monoisotopic (exact) mass is 256 g/mol. The Labute approximate surface area is 101 Å². The predicted molar refractivity (Wildman–Crippen MR) is 64.0 cm³/mol. The third kappa shape index (κ3) is 2.61. The summed E-state index contributed by atoms with van der Waals surface area (Å²) in [6.45, 7) is 1.54. The molecule has 1 atom stereocenters. The standard InChI is InChI=1S/C11H16N2O3S/c1-2-4-13(11(14)9-6-12-7-9)10-3-5-17(15,16)8-10/h1,9-10,12H,3-8H2. The van der Waals surface area contributed by atoms with Crippen molar-refractivity contribution in [3.05, 3.63) is 0 Å². The van der Waals surface area contributed by atoms with Crippen molar-refractivity contribution in [2.45, 2.75) is 12.5 Å². The van der Waals surface area contributed by atoms with Crippen LogP contribution in [0, 0.1) is 18.3 Å². The normalized spacial score (nSPS) is 27.1. The minimum atomic E-state index is -2.98. The molecule has 17 heavy (non-hydrogen) atoms.